The molecule has 2 aliphatic rings. The molecular weight excluding hydrogens is 214 g/mol. The molecule has 2 saturated heterocycles. The van der Waals surface area contributed by atoms with Gasteiger partial charge in [0.1, 0.15) is 11.6 Å². The van der Waals surface area contributed by atoms with Crippen LogP contribution in [-0.4, -0.2) is 37.8 Å². The van der Waals surface area contributed by atoms with E-state index in [1.165, 1.54) is 19.4 Å². The summed E-state index contributed by atoms with van der Waals surface area (Å²) in [5.41, 5.74) is 0. The maximum absolute atomic E-state index is 5.13. The lowest BCUT2D eigenvalue weighted by Gasteiger charge is -2.24. The van der Waals surface area contributed by atoms with Gasteiger partial charge in [-0.3, -0.25) is 0 Å². The van der Waals surface area contributed by atoms with Crippen LogP contribution in [0, 0.1) is 5.92 Å². The van der Waals surface area contributed by atoms with E-state index in [1.807, 2.05) is 6.07 Å². The molecule has 4 nitrogen and oxygen atoms in total. The number of nitrogens with zero attached hydrogens (tertiary/aromatic N) is 2. The number of rotatable bonds is 2. The highest BCUT2D eigenvalue weighted by molar-refractivity contribution is 5.42. The molecule has 3 heterocycles. The predicted molar refractivity (Wildman–Crippen MR) is 67.5 cm³/mol. The van der Waals surface area contributed by atoms with Gasteiger partial charge in [-0.2, -0.15) is 0 Å². The Hall–Kier alpha value is -1.29. The van der Waals surface area contributed by atoms with E-state index in [1.54, 1.807) is 13.3 Å². The van der Waals surface area contributed by atoms with Gasteiger partial charge < -0.3 is 15.0 Å². The molecule has 0 saturated carbocycles. The highest BCUT2D eigenvalue weighted by Gasteiger charge is 2.34. The van der Waals surface area contributed by atoms with E-state index in [2.05, 4.69) is 21.3 Å². The van der Waals surface area contributed by atoms with E-state index in [0.717, 1.165) is 30.6 Å². The Bertz CT molecular complexity index is 365. The van der Waals surface area contributed by atoms with E-state index < -0.39 is 0 Å². The number of ether oxygens (including phenoxy) is 1. The molecule has 3 rings (SSSR count). The summed E-state index contributed by atoms with van der Waals surface area (Å²) in [7, 11) is 1.67. The summed E-state index contributed by atoms with van der Waals surface area (Å²) >= 11 is 0. The third-order valence-electron chi connectivity index (χ3n) is 3.88. The number of hydrogen-bond acceptors (Lipinski definition) is 4. The van der Waals surface area contributed by atoms with Gasteiger partial charge in [-0.15, -0.1) is 0 Å². The molecule has 0 bridgehead atoms. The highest BCUT2D eigenvalue weighted by Crippen LogP contribution is 2.28. The molecule has 17 heavy (non-hydrogen) atoms. The zero-order valence-electron chi connectivity index (χ0n) is 10.2. The van der Waals surface area contributed by atoms with E-state index in [0.29, 0.717) is 6.04 Å². The number of piperidine rings is 1. The number of fused-ring (bicyclic) bond motifs is 1. The van der Waals surface area contributed by atoms with E-state index in [4.69, 9.17) is 4.74 Å². The maximum Gasteiger partial charge on any atom is 0.137 e. The van der Waals surface area contributed by atoms with Crippen molar-refractivity contribution in [3.05, 3.63) is 18.3 Å². The van der Waals surface area contributed by atoms with Gasteiger partial charge >= 0.3 is 0 Å². The number of pyridine rings is 1. The molecule has 1 N–H and O–H groups in total. The van der Waals surface area contributed by atoms with Crippen LogP contribution in [0.3, 0.4) is 0 Å². The summed E-state index contributed by atoms with van der Waals surface area (Å²) in [6.45, 7) is 3.39. The number of aromatic nitrogens is 1. The van der Waals surface area contributed by atoms with Crippen LogP contribution in [0.2, 0.25) is 0 Å². The fraction of sp³-hybridized carbons (Fsp3) is 0.615. The Morgan fingerprint density at radius 1 is 1.41 bits per heavy atom. The number of anilines is 1. The molecule has 92 valence electrons. The summed E-state index contributed by atoms with van der Waals surface area (Å²) in [6.07, 6.45) is 4.46. The molecule has 1 aromatic rings. The fourth-order valence-corrected chi connectivity index (χ4v) is 2.91. The molecule has 2 fully saturated rings. The monoisotopic (exact) mass is 233 g/mol. The first kappa shape index (κ1) is 10.8. The van der Waals surface area contributed by atoms with Crippen LogP contribution in [0.15, 0.2) is 18.3 Å². The number of methoxy groups -OCH3 is 1. The Balaban J connectivity index is 1.72. The topological polar surface area (TPSA) is 37.4 Å². The molecule has 0 spiro atoms. The van der Waals surface area contributed by atoms with Gasteiger partial charge in [-0.1, -0.05) is 0 Å². The van der Waals surface area contributed by atoms with Crippen molar-refractivity contribution in [3.8, 4) is 5.75 Å². The van der Waals surface area contributed by atoms with Gasteiger partial charge in [0.15, 0.2) is 0 Å². The Labute approximate surface area is 102 Å². The fourth-order valence-electron chi connectivity index (χ4n) is 2.91. The Morgan fingerprint density at radius 2 is 2.35 bits per heavy atom. The van der Waals surface area contributed by atoms with Gasteiger partial charge in [0.25, 0.3) is 0 Å². The van der Waals surface area contributed by atoms with Crippen molar-refractivity contribution in [2.24, 2.45) is 5.92 Å². The van der Waals surface area contributed by atoms with E-state index >= 15 is 0 Å². The third kappa shape index (κ3) is 2.09. The first-order valence-electron chi connectivity index (χ1n) is 6.35. The summed E-state index contributed by atoms with van der Waals surface area (Å²) in [5, 5.41) is 3.61. The van der Waals surface area contributed by atoms with Crippen molar-refractivity contribution in [2.75, 3.05) is 31.6 Å². The number of hydrogen-bond donors (Lipinski definition) is 1. The summed E-state index contributed by atoms with van der Waals surface area (Å²) < 4.78 is 5.13. The van der Waals surface area contributed by atoms with Crippen LogP contribution in [0.5, 0.6) is 5.75 Å². The first-order chi connectivity index (χ1) is 8.36. The van der Waals surface area contributed by atoms with E-state index in [-0.39, 0.29) is 0 Å². The minimum absolute atomic E-state index is 0.660. The second-order valence-electron chi connectivity index (χ2n) is 4.92. The predicted octanol–water partition coefficient (Wildman–Crippen LogP) is 1.28. The van der Waals surface area contributed by atoms with Crippen molar-refractivity contribution in [1.29, 1.82) is 0 Å². The minimum atomic E-state index is 0.660. The molecule has 2 aliphatic heterocycles. The Kier molecular flexibility index (Phi) is 2.89. The molecular formula is C13H19N3O. The quantitative estimate of drug-likeness (QED) is 0.835. The van der Waals surface area contributed by atoms with Crippen molar-refractivity contribution in [3.63, 3.8) is 0 Å². The zero-order valence-corrected chi connectivity index (χ0v) is 10.2. The normalized spacial score (nSPS) is 27.9. The molecule has 0 radical (unpaired) electrons. The average Bonchev–Trinajstić information content (AvgIpc) is 2.82. The molecule has 4 heteroatoms. The zero-order chi connectivity index (χ0) is 11.7. The maximum atomic E-state index is 5.13. The van der Waals surface area contributed by atoms with Gasteiger partial charge in [0, 0.05) is 19.1 Å². The van der Waals surface area contributed by atoms with Gasteiger partial charge in [0.2, 0.25) is 0 Å². The van der Waals surface area contributed by atoms with Crippen LogP contribution in [0.1, 0.15) is 12.8 Å². The van der Waals surface area contributed by atoms with Crippen LogP contribution in [0.25, 0.3) is 0 Å². The molecule has 0 unspecified atom stereocenters. The summed E-state index contributed by atoms with van der Waals surface area (Å²) in [5.74, 6) is 2.69. The Morgan fingerprint density at radius 3 is 3.06 bits per heavy atom. The van der Waals surface area contributed by atoms with Crippen molar-refractivity contribution in [2.45, 2.75) is 18.9 Å². The average molecular weight is 233 g/mol. The molecule has 0 aromatic carbocycles. The van der Waals surface area contributed by atoms with Crippen LogP contribution in [0.4, 0.5) is 5.82 Å². The first-order valence-corrected chi connectivity index (χ1v) is 6.35. The second-order valence-corrected chi connectivity index (χ2v) is 4.92. The molecule has 1 aromatic heterocycles. The molecule has 2 atom stereocenters. The largest absolute Gasteiger partial charge is 0.495 e. The molecule has 0 amide bonds. The SMILES string of the molecule is COc1ccc(N2C[C@@H]3CCCN[C@@H]3C2)nc1. The second kappa shape index (κ2) is 4.53. The van der Waals surface area contributed by atoms with Crippen LogP contribution >= 0.6 is 0 Å². The van der Waals surface area contributed by atoms with Crippen molar-refractivity contribution in [1.82, 2.24) is 10.3 Å². The van der Waals surface area contributed by atoms with Crippen LogP contribution in [-0.2, 0) is 0 Å². The lowest BCUT2D eigenvalue weighted by Crippen LogP contribution is -2.40. The van der Waals surface area contributed by atoms with Gasteiger partial charge in [0.05, 0.1) is 13.3 Å². The summed E-state index contributed by atoms with van der Waals surface area (Å²) in [4.78, 5) is 6.84. The smallest absolute Gasteiger partial charge is 0.137 e. The van der Waals surface area contributed by atoms with Crippen molar-refractivity contribution >= 4 is 5.82 Å². The number of nitrogens with one attached hydrogen (secondary N) is 1. The lowest BCUT2D eigenvalue weighted by molar-refractivity contribution is 0.340. The van der Waals surface area contributed by atoms with Gasteiger partial charge in [-0.25, -0.2) is 4.98 Å². The molecule has 0 aliphatic carbocycles. The lowest BCUT2D eigenvalue weighted by atomic mass is 9.94. The van der Waals surface area contributed by atoms with E-state index in [9.17, 15) is 0 Å². The highest BCUT2D eigenvalue weighted by atomic mass is 16.5. The van der Waals surface area contributed by atoms with Gasteiger partial charge in [-0.05, 0) is 37.4 Å². The standard InChI is InChI=1S/C13H19N3O/c1-17-11-4-5-13(15-7-11)16-8-10-3-2-6-14-12(10)9-16/h4-5,7,10,12,14H,2-3,6,8-9H2,1H3/t10-,12+/m0/s1. The third-order valence-corrected chi connectivity index (χ3v) is 3.88. The van der Waals surface area contributed by atoms with Crippen molar-refractivity contribution < 1.29 is 4.74 Å². The van der Waals surface area contributed by atoms with Crippen LogP contribution < -0.4 is 15.0 Å². The minimum Gasteiger partial charge on any atom is -0.495 e. The summed E-state index contributed by atoms with van der Waals surface area (Å²) in [6, 6.07) is 4.70.